The SMILES string of the molecule is O=C([O-])C(F)(F)F.O=C(c1cc(Cc2c[nH]c(=O)c3cc(Cl)c(Cl)n23)ccc1F)N1CCC([NH+]2C[C@H](F)[C@@H](F)C2)CC1. The second kappa shape index (κ2) is 12.6. The third-order valence-electron chi connectivity index (χ3n) is 7.33. The molecule has 0 aliphatic carbocycles. The van der Waals surface area contributed by atoms with Crippen LogP contribution in [-0.2, 0) is 11.2 Å². The van der Waals surface area contributed by atoms with Crippen LogP contribution in [0.25, 0.3) is 5.52 Å². The minimum atomic E-state index is -5.19. The van der Waals surface area contributed by atoms with E-state index in [0.717, 1.165) is 4.90 Å². The number of quaternary nitrogens is 1. The normalized spacial score (nSPS) is 20.0. The van der Waals surface area contributed by atoms with E-state index in [0.29, 0.717) is 37.2 Å². The molecule has 0 bridgehead atoms. The van der Waals surface area contributed by atoms with Gasteiger partial charge in [-0.25, -0.2) is 13.2 Å². The summed E-state index contributed by atoms with van der Waals surface area (Å²) in [5.41, 5.74) is 1.17. The van der Waals surface area contributed by atoms with Crippen LogP contribution in [0, 0.1) is 5.82 Å². The number of carbonyl (C=O) groups is 2. The Morgan fingerprint density at radius 2 is 1.67 bits per heavy atom. The van der Waals surface area contributed by atoms with Crippen molar-refractivity contribution in [3.05, 3.63) is 73.6 Å². The molecule has 1 amide bonds. The van der Waals surface area contributed by atoms with E-state index >= 15 is 0 Å². The zero-order valence-corrected chi connectivity index (χ0v) is 23.1. The Kier molecular flexibility index (Phi) is 9.48. The number of alkyl halides is 5. The first kappa shape index (κ1) is 31.7. The topological polar surface area (TPSA) is 102 Å². The van der Waals surface area contributed by atoms with Gasteiger partial charge in [-0.1, -0.05) is 29.3 Å². The summed E-state index contributed by atoms with van der Waals surface area (Å²) in [5, 5.41) is 9.22. The van der Waals surface area contributed by atoms with Crippen LogP contribution < -0.4 is 15.6 Å². The number of carbonyl (C=O) groups excluding carboxylic acids is 2. The van der Waals surface area contributed by atoms with Gasteiger partial charge in [0.2, 0.25) is 0 Å². The number of rotatable bonds is 4. The molecule has 0 radical (unpaired) electrons. The second-order valence-electron chi connectivity index (χ2n) is 10.1. The number of fused-ring (bicyclic) bond motifs is 1. The van der Waals surface area contributed by atoms with Gasteiger partial charge in [0, 0.05) is 44.2 Å². The largest absolute Gasteiger partial charge is 0.542 e. The number of amides is 1. The minimum Gasteiger partial charge on any atom is -0.542 e. The fourth-order valence-electron chi connectivity index (χ4n) is 5.21. The molecular formula is C26H24Cl2F6N4O4. The van der Waals surface area contributed by atoms with Crippen LogP contribution in [-0.4, -0.2) is 76.9 Å². The molecule has 2 aliphatic heterocycles. The standard InChI is InChI=1S/C24H23Cl2F3N4O2.C2HF3O2/c25-17-9-21-23(34)30-10-15(33(21)22(17)26)7-13-1-2-18(27)16(8-13)24(35)31-5-3-14(4-6-31)32-11-19(28)20(29)12-32;3-2(4,5)1(6)7/h1-2,8-10,14,19-20H,3-7,11-12H2,(H,30,34);(H,6,7)/t19-,20-;/m0./s1. The van der Waals surface area contributed by atoms with Crippen molar-refractivity contribution < 1.29 is 45.9 Å². The first-order valence-electron chi connectivity index (χ1n) is 12.7. The summed E-state index contributed by atoms with van der Waals surface area (Å²) in [4.78, 5) is 39.2. The van der Waals surface area contributed by atoms with Crippen LogP contribution in [0.3, 0.4) is 0 Å². The van der Waals surface area contributed by atoms with Gasteiger partial charge in [0.25, 0.3) is 11.5 Å². The fraction of sp³-hybridized carbons (Fsp3) is 0.423. The molecule has 2 aromatic heterocycles. The van der Waals surface area contributed by atoms with E-state index in [9.17, 15) is 35.9 Å². The molecule has 0 spiro atoms. The fourth-order valence-corrected chi connectivity index (χ4v) is 5.65. The van der Waals surface area contributed by atoms with Crippen molar-refractivity contribution in [2.45, 2.75) is 43.8 Å². The van der Waals surface area contributed by atoms with Crippen molar-refractivity contribution in [1.82, 2.24) is 14.3 Å². The molecule has 8 nitrogen and oxygen atoms in total. The Morgan fingerprint density at radius 3 is 2.24 bits per heavy atom. The number of hydrogen-bond acceptors (Lipinski definition) is 4. The minimum absolute atomic E-state index is 0.0422. The lowest BCUT2D eigenvalue weighted by Crippen LogP contribution is -3.15. The second-order valence-corrected chi connectivity index (χ2v) is 10.8. The molecule has 5 rings (SSSR count). The summed E-state index contributed by atoms with van der Waals surface area (Å²) in [6.07, 6.45) is -5.04. The van der Waals surface area contributed by atoms with Gasteiger partial charge in [0.15, 0.2) is 12.3 Å². The van der Waals surface area contributed by atoms with Crippen molar-refractivity contribution >= 4 is 40.6 Å². The zero-order valence-electron chi connectivity index (χ0n) is 21.6. The Balaban J connectivity index is 0.000000517. The molecule has 2 aliphatic rings. The highest BCUT2D eigenvalue weighted by Gasteiger charge is 2.41. The molecule has 16 heteroatoms. The number of likely N-dealkylation sites (tertiary alicyclic amines) is 2. The number of halogens is 8. The number of aliphatic carboxylic acids is 1. The van der Waals surface area contributed by atoms with E-state index in [1.165, 1.54) is 28.8 Å². The molecule has 4 heterocycles. The average molecular weight is 641 g/mol. The molecule has 0 unspecified atom stereocenters. The number of aromatic amines is 1. The number of aromatic nitrogens is 2. The third-order valence-corrected chi connectivity index (χ3v) is 8.09. The summed E-state index contributed by atoms with van der Waals surface area (Å²) in [6.45, 7) is 1.13. The van der Waals surface area contributed by atoms with Crippen LogP contribution in [0.5, 0.6) is 0 Å². The first-order chi connectivity index (χ1) is 19.7. The van der Waals surface area contributed by atoms with Crippen LogP contribution in [0.4, 0.5) is 26.3 Å². The van der Waals surface area contributed by atoms with Gasteiger partial charge in [-0.15, -0.1) is 0 Å². The van der Waals surface area contributed by atoms with E-state index in [1.807, 2.05) is 0 Å². The maximum absolute atomic E-state index is 14.7. The number of benzene rings is 1. The van der Waals surface area contributed by atoms with Crippen molar-refractivity contribution in [3.63, 3.8) is 0 Å². The highest BCUT2D eigenvalue weighted by molar-refractivity contribution is 6.42. The lowest BCUT2D eigenvalue weighted by atomic mass is 10.0. The van der Waals surface area contributed by atoms with Crippen LogP contribution in [0.1, 0.15) is 34.5 Å². The van der Waals surface area contributed by atoms with E-state index < -0.39 is 36.2 Å². The van der Waals surface area contributed by atoms with Gasteiger partial charge in [0.05, 0.1) is 16.6 Å². The molecule has 2 N–H and O–H groups in total. The predicted octanol–water partition coefficient (Wildman–Crippen LogP) is 2.14. The highest BCUT2D eigenvalue weighted by Crippen LogP contribution is 2.27. The maximum atomic E-state index is 14.7. The van der Waals surface area contributed by atoms with Crippen LogP contribution in [0.2, 0.25) is 10.2 Å². The third kappa shape index (κ3) is 6.87. The summed E-state index contributed by atoms with van der Waals surface area (Å²) in [7, 11) is 0. The number of hydrogen-bond donors (Lipinski definition) is 2. The number of nitrogens with one attached hydrogen (secondary N) is 2. The molecule has 3 aromatic rings. The lowest BCUT2D eigenvalue weighted by molar-refractivity contribution is -0.916. The molecule has 1 aromatic carbocycles. The summed E-state index contributed by atoms with van der Waals surface area (Å²) < 4.78 is 74.9. The number of carboxylic acids is 1. The maximum Gasteiger partial charge on any atom is 0.430 e. The number of nitrogens with zero attached hydrogens (tertiary/aromatic N) is 2. The number of carboxylic acid groups (broad SMARTS) is 1. The monoisotopic (exact) mass is 640 g/mol. The van der Waals surface area contributed by atoms with E-state index in [2.05, 4.69) is 4.98 Å². The predicted molar refractivity (Wildman–Crippen MR) is 138 cm³/mol. The molecule has 228 valence electrons. The van der Waals surface area contributed by atoms with E-state index in [4.69, 9.17) is 33.1 Å². The quantitative estimate of drug-likeness (QED) is 0.427. The summed E-state index contributed by atoms with van der Waals surface area (Å²) in [5.74, 6) is -4.05. The average Bonchev–Trinajstić information content (AvgIpc) is 3.44. The Bertz CT molecular complexity index is 1530. The van der Waals surface area contributed by atoms with Gasteiger partial charge in [-0.3, -0.25) is 14.0 Å². The molecule has 2 atom stereocenters. The van der Waals surface area contributed by atoms with Crippen LogP contribution >= 0.6 is 23.2 Å². The van der Waals surface area contributed by atoms with E-state index in [-0.39, 0.29) is 52.4 Å². The molecular weight excluding hydrogens is 617 g/mol. The Hall–Kier alpha value is -3.23. The van der Waals surface area contributed by atoms with Crippen molar-refractivity contribution in [2.24, 2.45) is 0 Å². The number of H-pyrrole nitrogens is 1. The van der Waals surface area contributed by atoms with Crippen LogP contribution in [0.15, 0.2) is 35.3 Å². The van der Waals surface area contributed by atoms with Crippen molar-refractivity contribution in [2.75, 3.05) is 26.2 Å². The molecule has 2 saturated heterocycles. The summed E-state index contributed by atoms with van der Waals surface area (Å²) >= 11 is 12.4. The van der Waals surface area contributed by atoms with Gasteiger partial charge in [-0.2, -0.15) is 13.2 Å². The summed E-state index contributed by atoms with van der Waals surface area (Å²) in [6, 6.07) is 5.90. The molecule has 0 saturated carbocycles. The van der Waals surface area contributed by atoms with Crippen molar-refractivity contribution in [3.8, 4) is 0 Å². The highest BCUT2D eigenvalue weighted by atomic mass is 35.5. The van der Waals surface area contributed by atoms with Crippen molar-refractivity contribution in [1.29, 1.82) is 0 Å². The van der Waals surface area contributed by atoms with Gasteiger partial charge < -0.3 is 24.7 Å². The van der Waals surface area contributed by atoms with E-state index in [1.54, 1.807) is 11.0 Å². The Morgan fingerprint density at radius 1 is 1.07 bits per heavy atom. The molecule has 42 heavy (non-hydrogen) atoms. The van der Waals surface area contributed by atoms with Gasteiger partial charge in [0.1, 0.15) is 35.5 Å². The van der Waals surface area contributed by atoms with Gasteiger partial charge in [-0.05, 0) is 23.8 Å². The number of piperidine rings is 1. The zero-order chi connectivity index (χ0) is 30.9. The molecule has 2 fully saturated rings. The van der Waals surface area contributed by atoms with Gasteiger partial charge >= 0.3 is 6.18 Å². The first-order valence-corrected chi connectivity index (χ1v) is 13.5. The smallest absolute Gasteiger partial charge is 0.430 e. The Labute approximate surface area is 244 Å². The lowest BCUT2D eigenvalue weighted by Gasteiger charge is -2.34.